The van der Waals surface area contributed by atoms with E-state index in [0.717, 1.165) is 30.1 Å². The molecule has 0 amide bonds. The standard InChI is InChI=1S/C14H19N5O/c1-2-12-13(18-15)16-9-17-14(12)19(10-5-6-10)8-11-4-3-7-20-11/h3-4,7,9-10H,2,5-6,8,15H2,1H3,(H,16,17,18). The predicted octanol–water partition coefficient (Wildman–Crippen LogP) is 2.09. The van der Waals surface area contributed by atoms with Crippen LogP contribution >= 0.6 is 0 Å². The fraction of sp³-hybridized carbons (Fsp3) is 0.429. The summed E-state index contributed by atoms with van der Waals surface area (Å²) in [4.78, 5) is 11.0. The zero-order valence-electron chi connectivity index (χ0n) is 11.5. The molecule has 1 fully saturated rings. The molecule has 1 saturated carbocycles. The third kappa shape index (κ3) is 2.46. The summed E-state index contributed by atoms with van der Waals surface area (Å²) in [7, 11) is 0. The number of furan rings is 1. The second-order valence-corrected chi connectivity index (χ2v) is 4.96. The molecule has 2 aromatic heterocycles. The second kappa shape index (κ2) is 5.50. The number of nitrogen functional groups attached to an aromatic ring is 1. The van der Waals surface area contributed by atoms with Crippen LogP contribution in [0.5, 0.6) is 0 Å². The number of nitrogens with one attached hydrogen (secondary N) is 1. The summed E-state index contributed by atoms with van der Waals surface area (Å²) in [5.74, 6) is 8.14. The lowest BCUT2D eigenvalue weighted by molar-refractivity contribution is 0.500. The Morgan fingerprint density at radius 2 is 2.30 bits per heavy atom. The lowest BCUT2D eigenvalue weighted by atomic mass is 10.2. The average Bonchev–Trinajstić information content (AvgIpc) is 3.20. The van der Waals surface area contributed by atoms with Gasteiger partial charge >= 0.3 is 0 Å². The highest BCUT2D eigenvalue weighted by Crippen LogP contribution is 2.35. The number of hydrogen-bond donors (Lipinski definition) is 2. The van der Waals surface area contributed by atoms with Crippen LogP contribution < -0.4 is 16.2 Å². The molecular formula is C14H19N5O. The van der Waals surface area contributed by atoms with E-state index in [9.17, 15) is 0 Å². The van der Waals surface area contributed by atoms with E-state index in [1.54, 1.807) is 12.6 Å². The smallest absolute Gasteiger partial charge is 0.148 e. The molecule has 0 unspecified atom stereocenters. The lowest BCUT2D eigenvalue weighted by Gasteiger charge is -2.25. The molecule has 0 aliphatic heterocycles. The van der Waals surface area contributed by atoms with Gasteiger partial charge in [-0.1, -0.05) is 6.92 Å². The number of hydrazine groups is 1. The van der Waals surface area contributed by atoms with Crippen LogP contribution in [0.1, 0.15) is 31.1 Å². The summed E-state index contributed by atoms with van der Waals surface area (Å²) in [6.07, 6.45) is 6.48. The summed E-state index contributed by atoms with van der Waals surface area (Å²) in [5, 5.41) is 0. The van der Waals surface area contributed by atoms with Crippen LogP contribution in [0.25, 0.3) is 0 Å². The zero-order valence-corrected chi connectivity index (χ0v) is 11.5. The molecule has 0 atom stereocenters. The van der Waals surface area contributed by atoms with E-state index in [0.29, 0.717) is 11.9 Å². The van der Waals surface area contributed by atoms with Gasteiger partial charge in [0.2, 0.25) is 0 Å². The van der Waals surface area contributed by atoms with Gasteiger partial charge in [0.25, 0.3) is 0 Å². The van der Waals surface area contributed by atoms with Crippen molar-refractivity contribution in [1.82, 2.24) is 9.97 Å². The Labute approximate surface area is 118 Å². The molecule has 0 radical (unpaired) electrons. The van der Waals surface area contributed by atoms with E-state index in [-0.39, 0.29) is 0 Å². The van der Waals surface area contributed by atoms with E-state index < -0.39 is 0 Å². The normalized spacial score (nSPS) is 14.3. The van der Waals surface area contributed by atoms with Gasteiger partial charge in [-0.15, -0.1) is 0 Å². The van der Waals surface area contributed by atoms with Crippen molar-refractivity contribution in [3.63, 3.8) is 0 Å². The van der Waals surface area contributed by atoms with Crippen LogP contribution in [0.4, 0.5) is 11.6 Å². The molecule has 6 heteroatoms. The molecule has 6 nitrogen and oxygen atoms in total. The van der Waals surface area contributed by atoms with E-state index in [4.69, 9.17) is 10.3 Å². The number of nitrogens with zero attached hydrogens (tertiary/aromatic N) is 3. The molecular weight excluding hydrogens is 254 g/mol. The topological polar surface area (TPSA) is 80.2 Å². The van der Waals surface area contributed by atoms with E-state index in [1.807, 2.05) is 12.1 Å². The first-order chi connectivity index (χ1) is 9.83. The number of nitrogens with two attached hydrogens (primary N) is 1. The lowest BCUT2D eigenvalue weighted by Crippen LogP contribution is -2.28. The minimum atomic E-state index is 0.533. The Morgan fingerprint density at radius 3 is 2.90 bits per heavy atom. The van der Waals surface area contributed by atoms with Gasteiger partial charge in [-0.25, -0.2) is 15.8 Å². The third-order valence-electron chi connectivity index (χ3n) is 3.58. The van der Waals surface area contributed by atoms with Crippen molar-refractivity contribution in [2.24, 2.45) is 5.84 Å². The van der Waals surface area contributed by atoms with Crippen molar-refractivity contribution < 1.29 is 4.42 Å². The Hall–Kier alpha value is -2.08. The number of anilines is 2. The highest BCUT2D eigenvalue weighted by molar-refractivity contribution is 5.59. The Morgan fingerprint density at radius 1 is 1.45 bits per heavy atom. The minimum absolute atomic E-state index is 0.533. The van der Waals surface area contributed by atoms with Gasteiger partial charge in [-0.2, -0.15) is 0 Å². The van der Waals surface area contributed by atoms with E-state index in [1.165, 1.54) is 12.8 Å². The minimum Gasteiger partial charge on any atom is -0.467 e. The van der Waals surface area contributed by atoms with Gasteiger partial charge in [0.05, 0.1) is 12.8 Å². The van der Waals surface area contributed by atoms with E-state index in [2.05, 4.69) is 27.2 Å². The van der Waals surface area contributed by atoms with Crippen LogP contribution in [0.2, 0.25) is 0 Å². The van der Waals surface area contributed by atoms with Gasteiger partial charge < -0.3 is 14.7 Å². The van der Waals surface area contributed by atoms with Crippen LogP contribution in [0, 0.1) is 0 Å². The summed E-state index contributed by atoms with van der Waals surface area (Å²) in [6.45, 7) is 2.81. The summed E-state index contributed by atoms with van der Waals surface area (Å²) >= 11 is 0. The Balaban J connectivity index is 1.95. The van der Waals surface area contributed by atoms with Gasteiger partial charge in [0, 0.05) is 11.6 Å². The highest BCUT2D eigenvalue weighted by Gasteiger charge is 2.32. The largest absolute Gasteiger partial charge is 0.467 e. The number of hydrogen-bond acceptors (Lipinski definition) is 6. The van der Waals surface area contributed by atoms with Gasteiger partial charge in [0.1, 0.15) is 23.7 Å². The quantitative estimate of drug-likeness (QED) is 0.619. The molecule has 0 saturated heterocycles. The molecule has 2 heterocycles. The molecule has 0 bridgehead atoms. The summed E-state index contributed by atoms with van der Waals surface area (Å²) < 4.78 is 5.47. The molecule has 0 aromatic carbocycles. The van der Waals surface area contributed by atoms with Crippen LogP contribution in [0.15, 0.2) is 29.1 Å². The van der Waals surface area contributed by atoms with Gasteiger partial charge in [-0.3, -0.25) is 0 Å². The predicted molar refractivity (Wildman–Crippen MR) is 77.1 cm³/mol. The molecule has 1 aliphatic carbocycles. The zero-order chi connectivity index (χ0) is 13.9. The molecule has 106 valence electrons. The molecule has 0 spiro atoms. The van der Waals surface area contributed by atoms with Crippen LogP contribution in [-0.2, 0) is 13.0 Å². The van der Waals surface area contributed by atoms with Crippen molar-refractivity contribution >= 4 is 11.6 Å². The summed E-state index contributed by atoms with van der Waals surface area (Å²) in [6, 6.07) is 4.43. The SMILES string of the molecule is CCc1c(NN)ncnc1N(Cc1ccco1)C1CC1. The molecule has 1 aliphatic rings. The molecule has 2 aromatic rings. The Kier molecular flexibility index (Phi) is 3.56. The van der Waals surface area contributed by atoms with Gasteiger partial charge in [0.15, 0.2) is 0 Å². The van der Waals surface area contributed by atoms with Crippen molar-refractivity contribution in [1.29, 1.82) is 0 Å². The maximum Gasteiger partial charge on any atom is 0.148 e. The maximum atomic E-state index is 5.55. The fourth-order valence-corrected chi connectivity index (χ4v) is 2.43. The summed E-state index contributed by atoms with van der Waals surface area (Å²) in [5.41, 5.74) is 3.71. The van der Waals surface area contributed by atoms with Gasteiger partial charge in [-0.05, 0) is 31.4 Å². The van der Waals surface area contributed by atoms with Crippen molar-refractivity contribution in [3.05, 3.63) is 36.0 Å². The van der Waals surface area contributed by atoms with Crippen molar-refractivity contribution in [3.8, 4) is 0 Å². The Bertz CT molecular complexity index is 565. The first-order valence-corrected chi connectivity index (χ1v) is 6.93. The van der Waals surface area contributed by atoms with Crippen molar-refractivity contribution in [2.75, 3.05) is 10.3 Å². The molecule has 3 N–H and O–H groups in total. The second-order valence-electron chi connectivity index (χ2n) is 4.96. The number of rotatable bonds is 6. The maximum absolute atomic E-state index is 5.55. The number of aromatic nitrogens is 2. The van der Waals surface area contributed by atoms with Crippen molar-refractivity contribution in [2.45, 2.75) is 38.8 Å². The molecule has 20 heavy (non-hydrogen) atoms. The van der Waals surface area contributed by atoms with Crippen LogP contribution in [-0.4, -0.2) is 16.0 Å². The first kappa shape index (κ1) is 12.9. The highest BCUT2D eigenvalue weighted by atomic mass is 16.3. The van der Waals surface area contributed by atoms with Crippen LogP contribution in [0.3, 0.4) is 0 Å². The van der Waals surface area contributed by atoms with E-state index >= 15 is 0 Å². The third-order valence-corrected chi connectivity index (χ3v) is 3.58. The first-order valence-electron chi connectivity index (χ1n) is 6.93. The molecule has 3 rings (SSSR count). The monoisotopic (exact) mass is 273 g/mol. The fourth-order valence-electron chi connectivity index (χ4n) is 2.43. The average molecular weight is 273 g/mol.